The Bertz CT molecular complexity index is 1510. The second kappa shape index (κ2) is 9.09. The molecule has 0 spiro atoms. The highest BCUT2D eigenvalue weighted by atomic mass is 35.5. The van der Waals surface area contributed by atoms with E-state index in [0.29, 0.717) is 46.1 Å². The number of benzene rings is 2. The molecular formula is C25H18ClF2N5O3. The van der Waals surface area contributed by atoms with Crippen molar-refractivity contribution in [3.8, 4) is 29.0 Å². The van der Waals surface area contributed by atoms with Gasteiger partial charge in [0.05, 0.1) is 23.2 Å². The van der Waals surface area contributed by atoms with Crippen LogP contribution in [0.1, 0.15) is 35.3 Å². The van der Waals surface area contributed by atoms with Gasteiger partial charge in [0.25, 0.3) is 11.9 Å². The van der Waals surface area contributed by atoms with E-state index in [1.54, 1.807) is 24.4 Å². The number of nitrogens with zero attached hydrogens (tertiary/aromatic N) is 4. The summed E-state index contributed by atoms with van der Waals surface area (Å²) in [7, 11) is 0. The maximum absolute atomic E-state index is 13.2. The van der Waals surface area contributed by atoms with Gasteiger partial charge in [-0.25, -0.2) is 0 Å². The molecule has 36 heavy (non-hydrogen) atoms. The van der Waals surface area contributed by atoms with Crippen molar-refractivity contribution in [3.05, 3.63) is 66.0 Å². The maximum Gasteiger partial charge on any atom is 0.487 e. The topological polar surface area (TPSA) is 102 Å². The number of halogens is 3. The molecule has 0 saturated heterocycles. The van der Waals surface area contributed by atoms with Crippen LogP contribution in [0.15, 0.2) is 54.9 Å². The molecule has 0 unspecified atom stereocenters. The molecule has 8 nitrogen and oxygen atoms in total. The minimum absolute atomic E-state index is 0.116. The van der Waals surface area contributed by atoms with Crippen molar-refractivity contribution >= 4 is 34.2 Å². The van der Waals surface area contributed by atoms with E-state index in [1.165, 1.54) is 30.5 Å². The fraction of sp³-hybridized carbons (Fsp3) is 0.200. The normalized spacial score (nSPS) is 15.0. The van der Waals surface area contributed by atoms with E-state index in [1.807, 2.05) is 4.57 Å². The zero-order valence-corrected chi connectivity index (χ0v) is 19.6. The van der Waals surface area contributed by atoms with Gasteiger partial charge in [-0.1, -0.05) is 0 Å². The summed E-state index contributed by atoms with van der Waals surface area (Å²) in [6.07, 6.45) is 3.88. The number of rotatable bonds is 5. The van der Waals surface area contributed by atoms with Crippen LogP contribution in [0.4, 0.5) is 14.5 Å². The Balaban J connectivity index is 1.55. The molecule has 11 heteroatoms. The van der Waals surface area contributed by atoms with Gasteiger partial charge in [-0.3, -0.25) is 14.3 Å². The Morgan fingerprint density at radius 3 is 2.78 bits per heavy atom. The number of imidazole rings is 1. The molecule has 1 amide bonds. The zero-order valence-electron chi connectivity index (χ0n) is 18.8. The zero-order chi connectivity index (χ0) is 25.4. The number of pyridine rings is 1. The van der Waals surface area contributed by atoms with Crippen molar-refractivity contribution in [1.29, 1.82) is 5.26 Å². The minimum Gasteiger partial charge on any atom is -0.465 e. The fourth-order valence-corrected chi connectivity index (χ4v) is 4.20. The average Bonchev–Trinajstić information content (AvgIpc) is 3.23. The summed E-state index contributed by atoms with van der Waals surface area (Å²) in [5.74, 6) is -0.599. The number of alkyl halides is 3. The second-order valence-electron chi connectivity index (χ2n) is 8.24. The van der Waals surface area contributed by atoms with E-state index >= 15 is 0 Å². The lowest BCUT2D eigenvalue weighted by atomic mass is 10.00. The summed E-state index contributed by atoms with van der Waals surface area (Å²) in [6, 6.07) is 13.1. The third kappa shape index (κ3) is 4.65. The van der Waals surface area contributed by atoms with E-state index in [2.05, 4.69) is 33.0 Å². The molecule has 0 saturated carbocycles. The minimum atomic E-state index is -3.83. The van der Waals surface area contributed by atoms with Crippen LogP contribution >= 0.6 is 11.6 Å². The van der Waals surface area contributed by atoms with Crippen LogP contribution in [0.3, 0.4) is 0 Å². The number of nitriles is 1. The number of hydrogen-bond donors (Lipinski definition) is 1. The number of nitrogens with one attached hydrogen (secondary N) is 1. The van der Waals surface area contributed by atoms with Gasteiger partial charge < -0.3 is 14.8 Å². The molecule has 0 aliphatic carbocycles. The molecule has 2 aromatic carbocycles. The van der Waals surface area contributed by atoms with Crippen molar-refractivity contribution in [2.24, 2.45) is 0 Å². The number of ether oxygens (including phenoxy) is 2. The number of anilines is 1. The first-order chi connectivity index (χ1) is 17.2. The van der Waals surface area contributed by atoms with Crippen LogP contribution in [0.5, 0.6) is 11.8 Å². The van der Waals surface area contributed by atoms with Crippen LogP contribution in [-0.4, -0.2) is 32.6 Å². The van der Waals surface area contributed by atoms with Crippen LogP contribution in [0.25, 0.3) is 22.2 Å². The van der Waals surface area contributed by atoms with Crippen LogP contribution in [0.2, 0.25) is 0 Å². The van der Waals surface area contributed by atoms with Crippen molar-refractivity contribution < 1.29 is 23.0 Å². The molecule has 1 aliphatic heterocycles. The van der Waals surface area contributed by atoms with Crippen LogP contribution < -0.4 is 14.8 Å². The van der Waals surface area contributed by atoms with Crippen molar-refractivity contribution in [2.75, 3.05) is 11.9 Å². The quantitative estimate of drug-likeness (QED) is 0.344. The van der Waals surface area contributed by atoms with E-state index in [0.717, 1.165) is 11.9 Å². The van der Waals surface area contributed by atoms with E-state index in [4.69, 9.17) is 16.3 Å². The molecule has 182 valence electrons. The van der Waals surface area contributed by atoms with Gasteiger partial charge in [-0.05, 0) is 49.4 Å². The Kier molecular flexibility index (Phi) is 5.94. The van der Waals surface area contributed by atoms with Gasteiger partial charge in [0.1, 0.15) is 11.8 Å². The van der Waals surface area contributed by atoms with Gasteiger partial charge in [-0.2, -0.15) is 10.2 Å². The highest BCUT2D eigenvalue weighted by molar-refractivity contribution is 6.20. The average molecular weight is 510 g/mol. The van der Waals surface area contributed by atoms with Gasteiger partial charge >= 0.3 is 5.57 Å². The lowest BCUT2D eigenvalue weighted by Crippen LogP contribution is -2.18. The van der Waals surface area contributed by atoms with Crippen molar-refractivity contribution in [2.45, 2.75) is 25.0 Å². The van der Waals surface area contributed by atoms with Crippen molar-refractivity contribution in [1.82, 2.24) is 14.5 Å². The third-order valence-corrected chi connectivity index (χ3v) is 5.82. The number of fused-ring (bicyclic) bond motifs is 3. The molecule has 5 rings (SSSR count). The second-order valence-corrected chi connectivity index (χ2v) is 8.68. The predicted molar refractivity (Wildman–Crippen MR) is 128 cm³/mol. The highest BCUT2D eigenvalue weighted by Gasteiger charge is 2.28. The molecule has 3 heterocycles. The summed E-state index contributed by atoms with van der Waals surface area (Å²) in [5, 5.41) is 12.1. The molecule has 0 bridgehead atoms. The SMILES string of the molecule is C[C@@H]1CCOc2nc3cc(C(=O)Nc4ccc(OC(F)(F)Cl)cc4)cc(-c4cncc(C#N)c4)c3n21. The molecule has 2 aromatic heterocycles. The maximum atomic E-state index is 13.2. The number of aromatic nitrogens is 3. The lowest BCUT2D eigenvalue weighted by Gasteiger charge is -2.23. The third-order valence-electron chi connectivity index (χ3n) is 5.75. The van der Waals surface area contributed by atoms with Gasteiger partial charge in [0.2, 0.25) is 0 Å². The van der Waals surface area contributed by atoms with Crippen LogP contribution in [-0.2, 0) is 0 Å². The standard InChI is InChI=1S/C25H18ClF2N5O3/c1-14-6-7-35-24-32-21-10-16(23(34)31-18-2-4-19(5-3-18)36-25(26,27)28)9-20(22(21)33(14)24)17-8-15(11-29)12-30-13-17/h2-5,8-10,12-14H,6-7H2,1H3,(H,31,34)/t14-/m1/s1. The number of carbonyl (C=O) groups excluding carboxylic acids is 1. The van der Waals surface area contributed by atoms with Gasteiger partial charge in [0, 0.05) is 58.8 Å². The van der Waals surface area contributed by atoms with E-state index in [9.17, 15) is 18.8 Å². The first kappa shape index (κ1) is 23.5. The molecule has 1 atom stereocenters. The summed E-state index contributed by atoms with van der Waals surface area (Å²) < 4.78 is 37.7. The van der Waals surface area contributed by atoms with Crippen molar-refractivity contribution in [3.63, 3.8) is 0 Å². The summed E-state index contributed by atoms with van der Waals surface area (Å²) in [4.78, 5) is 21.9. The van der Waals surface area contributed by atoms with Crippen LogP contribution in [0, 0.1) is 11.3 Å². The number of carbonyl (C=O) groups is 1. The summed E-state index contributed by atoms with van der Waals surface area (Å²) >= 11 is 4.79. The summed E-state index contributed by atoms with van der Waals surface area (Å²) in [5.41, 5.74) is -0.144. The van der Waals surface area contributed by atoms with E-state index in [-0.39, 0.29) is 11.8 Å². The largest absolute Gasteiger partial charge is 0.487 e. The molecule has 0 radical (unpaired) electrons. The Hall–Kier alpha value is -4.23. The first-order valence-electron chi connectivity index (χ1n) is 10.9. The van der Waals surface area contributed by atoms with E-state index < -0.39 is 11.5 Å². The monoisotopic (exact) mass is 509 g/mol. The highest BCUT2D eigenvalue weighted by Crippen LogP contribution is 2.38. The summed E-state index contributed by atoms with van der Waals surface area (Å²) in [6.45, 7) is 2.60. The van der Waals surface area contributed by atoms with Gasteiger partial charge in [-0.15, -0.1) is 8.78 Å². The lowest BCUT2D eigenvalue weighted by molar-refractivity contribution is -0.0964. The Morgan fingerprint density at radius 1 is 1.28 bits per heavy atom. The molecule has 1 aliphatic rings. The Labute approximate surface area is 209 Å². The first-order valence-corrected chi connectivity index (χ1v) is 11.3. The van der Waals surface area contributed by atoms with Gasteiger partial charge in [0.15, 0.2) is 0 Å². The number of amides is 1. The fourth-order valence-electron chi connectivity index (χ4n) is 4.11. The number of hydrogen-bond acceptors (Lipinski definition) is 6. The molecular weight excluding hydrogens is 492 g/mol. The smallest absolute Gasteiger partial charge is 0.465 e. The Morgan fingerprint density at radius 2 is 2.06 bits per heavy atom. The molecule has 0 fully saturated rings. The predicted octanol–water partition coefficient (Wildman–Crippen LogP) is 5.73. The molecule has 4 aromatic rings. The molecule has 1 N–H and O–H groups in total.